The highest BCUT2D eigenvalue weighted by molar-refractivity contribution is 7.99. The van der Waals surface area contributed by atoms with Crippen LogP contribution in [0.5, 0.6) is 17.2 Å². The zero-order valence-corrected chi connectivity index (χ0v) is 16.8. The maximum Gasteiger partial charge on any atom is 0.231 e. The number of benzene rings is 2. The fourth-order valence-electron chi connectivity index (χ4n) is 2.87. The Hall–Kier alpha value is -3.20. The number of fused-ring (bicyclic) bond motifs is 1. The Bertz CT molecular complexity index is 1010. The monoisotopic (exact) mass is 412 g/mol. The molecule has 0 saturated carbocycles. The fourth-order valence-corrected chi connectivity index (χ4v) is 3.48. The SMILES string of the molecule is COc1ccc(-c2nc(SCC(=O)N[C@@H](C)c3ccc4c(c3)OCO4)n[nH]2)cc1. The van der Waals surface area contributed by atoms with Gasteiger partial charge in [-0.25, -0.2) is 4.98 Å². The second kappa shape index (κ2) is 8.44. The summed E-state index contributed by atoms with van der Waals surface area (Å²) in [6.45, 7) is 2.15. The number of carbonyl (C=O) groups is 1. The summed E-state index contributed by atoms with van der Waals surface area (Å²) in [5.74, 6) is 2.95. The van der Waals surface area contributed by atoms with E-state index in [1.165, 1.54) is 11.8 Å². The molecule has 1 aromatic heterocycles. The lowest BCUT2D eigenvalue weighted by Crippen LogP contribution is -2.28. The van der Waals surface area contributed by atoms with Gasteiger partial charge in [0.15, 0.2) is 17.3 Å². The van der Waals surface area contributed by atoms with Gasteiger partial charge in [0.1, 0.15) is 5.75 Å². The number of hydrogen-bond acceptors (Lipinski definition) is 7. The van der Waals surface area contributed by atoms with Gasteiger partial charge >= 0.3 is 0 Å². The molecule has 2 N–H and O–H groups in total. The molecule has 1 aliphatic heterocycles. The van der Waals surface area contributed by atoms with Crippen LogP contribution in [0.15, 0.2) is 47.6 Å². The van der Waals surface area contributed by atoms with Crippen molar-refractivity contribution in [2.45, 2.75) is 18.1 Å². The number of nitrogens with zero attached hydrogens (tertiary/aromatic N) is 2. The van der Waals surface area contributed by atoms with Crippen molar-refractivity contribution in [3.63, 3.8) is 0 Å². The topological polar surface area (TPSA) is 98.4 Å². The van der Waals surface area contributed by atoms with Gasteiger partial charge in [0.2, 0.25) is 17.9 Å². The van der Waals surface area contributed by atoms with E-state index in [2.05, 4.69) is 20.5 Å². The normalized spacial score (nSPS) is 13.2. The molecular formula is C20H20N4O4S. The van der Waals surface area contributed by atoms with Crippen molar-refractivity contribution in [2.75, 3.05) is 19.7 Å². The molecule has 0 saturated heterocycles. The minimum atomic E-state index is -0.153. The highest BCUT2D eigenvalue weighted by Gasteiger charge is 2.17. The molecule has 2 heterocycles. The molecule has 29 heavy (non-hydrogen) atoms. The number of H-pyrrole nitrogens is 1. The van der Waals surface area contributed by atoms with E-state index in [1.54, 1.807) is 7.11 Å². The number of thioether (sulfide) groups is 1. The third-order valence-corrected chi connectivity index (χ3v) is 5.28. The number of rotatable bonds is 7. The second-order valence-corrected chi connectivity index (χ2v) is 7.33. The summed E-state index contributed by atoms with van der Waals surface area (Å²) in [5.41, 5.74) is 1.85. The summed E-state index contributed by atoms with van der Waals surface area (Å²) in [6, 6.07) is 13.0. The molecule has 0 bridgehead atoms. The molecule has 0 spiro atoms. The first-order valence-electron chi connectivity index (χ1n) is 9.01. The zero-order chi connectivity index (χ0) is 20.2. The Morgan fingerprint density at radius 3 is 2.83 bits per heavy atom. The van der Waals surface area contributed by atoms with Gasteiger partial charge in [0.05, 0.1) is 18.9 Å². The average Bonchev–Trinajstić information content (AvgIpc) is 3.41. The minimum Gasteiger partial charge on any atom is -0.497 e. The molecule has 0 aliphatic carbocycles. The van der Waals surface area contributed by atoms with Gasteiger partial charge in [-0.2, -0.15) is 0 Å². The first kappa shape index (κ1) is 19.1. The Labute approximate surface area is 172 Å². The number of nitrogens with one attached hydrogen (secondary N) is 2. The maximum atomic E-state index is 12.3. The van der Waals surface area contributed by atoms with Crippen LogP contribution < -0.4 is 19.5 Å². The largest absolute Gasteiger partial charge is 0.497 e. The van der Waals surface area contributed by atoms with Crippen LogP contribution in [0.2, 0.25) is 0 Å². The van der Waals surface area contributed by atoms with Crippen LogP contribution in [0, 0.1) is 0 Å². The van der Waals surface area contributed by atoms with Crippen LogP contribution in [0.4, 0.5) is 0 Å². The van der Waals surface area contributed by atoms with E-state index in [0.717, 1.165) is 22.6 Å². The van der Waals surface area contributed by atoms with Gasteiger partial charge in [-0.1, -0.05) is 17.8 Å². The summed E-state index contributed by atoms with van der Waals surface area (Å²) in [6.07, 6.45) is 0. The van der Waals surface area contributed by atoms with E-state index in [4.69, 9.17) is 14.2 Å². The van der Waals surface area contributed by atoms with Crippen molar-refractivity contribution < 1.29 is 19.0 Å². The molecule has 2 aromatic carbocycles. The van der Waals surface area contributed by atoms with Crippen LogP contribution in [0.3, 0.4) is 0 Å². The Balaban J connectivity index is 1.31. The highest BCUT2D eigenvalue weighted by atomic mass is 32.2. The Morgan fingerprint density at radius 1 is 1.24 bits per heavy atom. The van der Waals surface area contributed by atoms with Gasteiger partial charge in [-0.15, -0.1) is 5.10 Å². The second-order valence-electron chi connectivity index (χ2n) is 6.39. The van der Waals surface area contributed by atoms with Gasteiger partial charge in [0, 0.05) is 5.56 Å². The smallest absolute Gasteiger partial charge is 0.231 e. The van der Waals surface area contributed by atoms with Gasteiger partial charge in [-0.3, -0.25) is 9.89 Å². The van der Waals surface area contributed by atoms with Crippen molar-refractivity contribution >= 4 is 17.7 Å². The summed E-state index contributed by atoms with van der Waals surface area (Å²) in [4.78, 5) is 16.7. The number of aromatic amines is 1. The molecule has 8 nitrogen and oxygen atoms in total. The summed E-state index contributed by atoms with van der Waals surface area (Å²) in [5, 5.41) is 10.6. The van der Waals surface area contributed by atoms with E-state index in [1.807, 2.05) is 49.4 Å². The quantitative estimate of drug-likeness (QED) is 0.575. The van der Waals surface area contributed by atoms with Crippen LogP contribution in [-0.2, 0) is 4.79 Å². The Morgan fingerprint density at radius 2 is 2.03 bits per heavy atom. The maximum absolute atomic E-state index is 12.3. The van der Waals surface area contributed by atoms with E-state index in [-0.39, 0.29) is 24.5 Å². The van der Waals surface area contributed by atoms with Gasteiger partial charge in [-0.05, 0) is 48.9 Å². The lowest BCUT2D eigenvalue weighted by molar-refractivity contribution is -0.119. The third-order valence-electron chi connectivity index (χ3n) is 4.43. The van der Waals surface area contributed by atoms with Crippen molar-refractivity contribution in [1.29, 1.82) is 0 Å². The summed E-state index contributed by atoms with van der Waals surface area (Å²) < 4.78 is 15.8. The minimum absolute atomic E-state index is 0.101. The van der Waals surface area contributed by atoms with Crippen molar-refractivity contribution in [3.8, 4) is 28.6 Å². The summed E-state index contributed by atoms with van der Waals surface area (Å²) in [7, 11) is 1.62. The number of methoxy groups -OCH3 is 1. The summed E-state index contributed by atoms with van der Waals surface area (Å²) >= 11 is 1.27. The number of hydrogen-bond donors (Lipinski definition) is 2. The predicted molar refractivity (Wildman–Crippen MR) is 108 cm³/mol. The standard InChI is InChI=1S/C20H20N4O4S/c1-12(14-5-8-16-17(9-14)28-11-27-16)21-18(25)10-29-20-22-19(23-24-20)13-3-6-15(26-2)7-4-13/h3-9,12H,10-11H2,1-2H3,(H,21,25)(H,22,23,24)/t12-/m0/s1. The number of ether oxygens (including phenoxy) is 3. The molecule has 0 unspecified atom stereocenters. The number of carbonyl (C=O) groups excluding carboxylic acids is 1. The molecule has 1 amide bonds. The molecule has 1 aliphatic rings. The first-order valence-corrected chi connectivity index (χ1v) is 9.99. The van der Waals surface area contributed by atoms with Crippen LogP contribution in [0.1, 0.15) is 18.5 Å². The molecule has 3 aromatic rings. The molecule has 1 atom stereocenters. The Kier molecular flexibility index (Phi) is 5.57. The third kappa shape index (κ3) is 4.45. The van der Waals surface area contributed by atoms with Crippen molar-refractivity contribution in [2.24, 2.45) is 0 Å². The molecule has 0 radical (unpaired) electrons. The highest BCUT2D eigenvalue weighted by Crippen LogP contribution is 2.34. The molecule has 0 fully saturated rings. The molecule has 150 valence electrons. The first-order chi connectivity index (χ1) is 14.1. The number of aromatic nitrogens is 3. The number of amides is 1. The van der Waals surface area contributed by atoms with Crippen LogP contribution >= 0.6 is 11.8 Å². The fraction of sp³-hybridized carbons (Fsp3) is 0.250. The van der Waals surface area contributed by atoms with E-state index >= 15 is 0 Å². The van der Waals surface area contributed by atoms with Crippen molar-refractivity contribution in [1.82, 2.24) is 20.5 Å². The zero-order valence-electron chi connectivity index (χ0n) is 16.0. The molecule has 9 heteroatoms. The molecule has 4 rings (SSSR count). The van der Waals surface area contributed by atoms with E-state index in [9.17, 15) is 4.79 Å². The van der Waals surface area contributed by atoms with Gasteiger partial charge in [0.25, 0.3) is 0 Å². The van der Waals surface area contributed by atoms with Crippen molar-refractivity contribution in [3.05, 3.63) is 48.0 Å². The predicted octanol–water partition coefficient (Wildman–Crippen LogP) is 3.18. The lowest BCUT2D eigenvalue weighted by Gasteiger charge is -2.14. The van der Waals surface area contributed by atoms with E-state index < -0.39 is 0 Å². The molecular weight excluding hydrogens is 392 g/mol. The van der Waals surface area contributed by atoms with Crippen LogP contribution in [-0.4, -0.2) is 40.7 Å². The van der Waals surface area contributed by atoms with Gasteiger partial charge < -0.3 is 19.5 Å². The average molecular weight is 412 g/mol. The van der Waals surface area contributed by atoms with Crippen LogP contribution in [0.25, 0.3) is 11.4 Å². The lowest BCUT2D eigenvalue weighted by atomic mass is 10.1. The van der Waals surface area contributed by atoms with E-state index in [0.29, 0.717) is 16.7 Å².